The number of esters is 1. The lowest BCUT2D eigenvalue weighted by Gasteiger charge is -2.22. The van der Waals surface area contributed by atoms with E-state index in [-0.39, 0.29) is 23.8 Å². The molecule has 134 valence electrons. The summed E-state index contributed by atoms with van der Waals surface area (Å²) in [6, 6.07) is 6.54. The van der Waals surface area contributed by atoms with Crippen LogP contribution in [0.4, 0.5) is 14.9 Å². The van der Waals surface area contributed by atoms with E-state index in [1.165, 1.54) is 19.2 Å². The Morgan fingerprint density at radius 1 is 1.32 bits per heavy atom. The Bertz CT molecular complexity index is 731. The molecule has 0 saturated heterocycles. The van der Waals surface area contributed by atoms with E-state index in [9.17, 15) is 14.0 Å². The first-order valence-corrected chi connectivity index (χ1v) is 7.55. The van der Waals surface area contributed by atoms with Gasteiger partial charge in [0.05, 0.1) is 30.7 Å². The van der Waals surface area contributed by atoms with Crippen LogP contribution in [0.5, 0.6) is 0 Å². The molecule has 2 N–H and O–H groups in total. The van der Waals surface area contributed by atoms with E-state index in [1.54, 1.807) is 12.3 Å². The quantitative estimate of drug-likeness (QED) is 0.783. The van der Waals surface area contributed by atoms with Crippen LogP contribution in [-0.2, 0) is 4.74 Å². The third kappa shape index (κ3) is 4.80. The first-order chi connectivity index (χ1) is 11.9. The van der Waals surface area contributed by atoms with Crippen molar-refractivity contribution in [2.75, 3.05) is 33.1 Å². The van der Waals surface area contributed by atoms with Crippen LogP contribution in [0.3, 0.4) is 0 Å². The second kappa shape index (κ2) is 8.29. The summed E-state index contributed by atoms with van der Waals surface area (Å²) in [4.78, 5) is 25.3. The van der Waals surface area contributed by atoms with Gasteiger partial charge in [0.1, 0.15) is 11.6 Å². The molecule has 0 radical (unpaired) electrons. The first-order valence-electron chi connectivity index (χ1n) is 7.55. The van der Waals surface area contributed by atoms with Gasteiger partial charge in [-0.3, -0.25) is 4.90 Å². The number of methoxy groups -OCH3 is 1. The summed E-state index contributed by atoms with van der Waals surface area (Å²) in [5.74, 6) is -0.672. The van der Waals surface area contributed by atoms with E-state index in [0.29, 0.717) is 5.76 Å². The Kier molecular flexibility index (Phi) is 6.13. The molecule has 25 heavy (non-hydrogen) atoms. The molecule has 1 heterocycles. The summed E-state index contributed by atoms with van der Waals surface area (Å²) >= 11 is 0. The van der Waals surface area contributed by atoms with Gasteiger partial charge in [-0.15, -0.1) is 0 Å². The minimum absolute atomic E-state index is 0.0374. The second-order valence-electron chi connectivity index (χ2n) is 5.52. The number of rotatable bonds is 6. The number of carbonyl (C=O) groups excluding carboxylic acids is 2. The van der Waals surface area contributed by atoms with Crippen molar-refractivity contribution in [3.05, 3.63) is 53.7 Å². The highest BCUT2D eigenvalue weighted by atomic mass is 19.1. The van der Waals surface area contributed by atoms with Gasteiger partial charge in [0.2, 0.25) is 0 Å². The van der Waals surface area contributed by atoms with Crippen molar-refractivity contribution in [2.24, 2.45) is 0 Å². The predicted molar refractivity (Wildman–Crippen MR) is 89.9 cm³/mol. The molecule has 2 aromatic rings. The van der Waals surface area contributed by atoms with E-state index in [1.807, 2.05) is 25.1 Å². The van der Waals surface area contributed by atoms with Crippen LogP contribution >= 0.6 is 0 Å². The minimum atomic E-state index is -0.728. The highest BCUT2D eigenvalue weighted by Crippen LogP contribution is 2.18. The fourth-order valence-electron chi connectivity index (χ4n) is 2.24. The zero-order valence-corrected chi connectivity index (χ0v) is 14.2. The summed E-state index contributed by atoms with van der Waals surface area (Å²) in [7, 11) is 4.93. The average molecular weight is 349 g/mol. The predicted octanol–water partition coefficient (Wildman–Crippen LogP) is 2.63. The van der Waals surface area contributed by atoms with Gasteiger partial charge in [-0.1, -0.05) is 0 Å². The van der Waals surface area contributed by atoms with E-state index in [0.717, 1.165) is 6.07 Å². The SMILES string of the molecule is COC(=O)c1ccc(NC(=O)NCC(c2ccco2)N(C)C)c(F)c1. The summed E-state index contributed by atoms with van der Waals surface area (Å²) in [6.07, 6.45) is 1.56. The molecule has 0 fully saturated rings. The normalized spacial score (nSPS) is 11.9. The highest BCUT2D eigenvalue weighted by molar-refractivity contribution is 5.92. The van der Waals surface area contributed by atoms with Gasteiger partial charge in [-0.05, 0) is 44.4 Å². The summed E-state index contributed by atoms with van der Waals surface area (Å²) in [5.41, 5.74) is 0.0287. The van der Waals surface area contributed by atoms with E-state index in [4.69, 9.17) is 4.42 Å². The third-order valence-electron chi connectivity index (χ3n) is 3.59. The van der Waals surface area contributed by atoms with Crippen molar-refractivity contribution in [2.45, 2.75) is 6.04 Å². The monoisotopic (exact) mass is 349 g/mol. The maximum Gasteiger partial charge on any atom is 0.337 e. The van der Waals surface area contributed by atoms with Crippen LogP contribution in [0, 0.1) is 5.82 Å². The van der Waals surface area contributed by atoms with Crippen LogP contribution in [0.25, 0.3) is 0 Å². The van der Waals surface area contributed by atoms with Gasteiger partial charge in [-0.2, -0.15) is 0 Å². The Morgan fingerprint density at radius 2 is 2.08 bits per heavy atom. The molecule has 0 saturated carbocycles. The maximum atomic E-state index is 14.0. The molecule has 1 unspecified atom stereocenters. The van der Waals surface area contributed by atoms with Crippen molar-refractivity contribution in [3.63, 3.8) is 0 Å². The largest absolute Gasteiger partial charge is 0.468 e. The lowest BCUT2D eigenvalue weighted by Crippen LogP contribution is -2.36. The summed E-state index contributed by atoms with van der Waals surface area (Å²) in [6.45, 7) is 0.272. The number of anilines is 1. The van der Waals surface area contributed by atoms with Crippen molar-refractivity contribution in [3.8, 4) is 0 Å². The molecular weight excluding hydrogens is 329 g/mol. The Labute approximate surface area is 144 Å². The van der Waals surface area contributed by atoms with Crippen LogP contribution in [-0.4, -0.2) is 44.7 Å². The molecule has 0 bridgehead atoms. The number of amides is 2. The number of likely N-dealkylation sites (N-methyl/N-ethyl adjacent to an activating group) is 1. The lowest BCUT2D eigenvalue weighted by atomic mass is 10.2. The topological polar surface area (TPSA) is 83.8 Å². The highest BCUT2D eigenvalue weighted by Gasteiger charge is 2.18. The Balaban J connectivity index is 1.97. The Hall–Kier alpha value is -2.87. The molecule has 1 aromatic heterocycles. The fourth-order valence-corrected chi connectivity index (χ4v) is 2.24. The number of furan rings is 1. The standard InChI is InChI=1S/C17H20FN3O4/c1-21(2)14(15-5-4-8-25-15)10-19-17(23)20-13-7-6-11(9-12(13)18)16(22)24-3/h4-9,14H,10H2,1-3H3,(H2,19,20,23). The number of carbonyl (C=O) groups is 2. The van der Waals surface area contributed by atoms with Gasteiger partial charge < -0.3 is 19.8 Å². The Morgan fingerprint density at radius 3 is 2.64 bits per heavy atom. The van der Waals surface area contributed by atoms with Crippen LogP contribution in [0.1, 0.15) is 22.2 Å². The lowest BCUT2D eigenvalue weighted by molar-refractivity contribution is 0.0600. The third-order valence-corrected chi connectivity index (χ3v) is 3.59. The average Bonchev–Trinajstić information content (AvgIpc) is 3.10. The number of hydrogen-bond acceptors (Lipinski definition) is 5. The number of halogens is 1. The number of benzene rings is 1. The van der Waals surface area contributed by atoms with Gasteiger partial charge in [0, 0.05) is 6.54 Å². The minimum Gasteiger partial charge on any atom is -0.468 e. The molecule has 0 spiro atoms. The number of nitrogens with one attached hydrogen (secondary N) is 2. The summed E-state index contributed by atoms with van der Waals surface area (Å²) < 4.78 is 23.9. The van der Waals surface area contributed by atoms with Crippen molar-refractivity contribution < 1.29 is 23.1 Å². The molecule has 1 aromatic carbocycles. The van der Waals surface area contributed by atoms with Gasteiger partial charge in [0.25, 0.3) is 0 Å². The number of urea groups is 1. The van der Waals surface area contributed by atoms with E-state index >= 15 is 0 Å². The second-order valence-corrected chi connectivity index (χ2v) is 5.52. The first kappa shape index (κ1) is 18.5. The number of hydrogen-bond donors (Lipinski definition) is 2. The maximum absolute atomic E-state index is 14.0. The zero-order chi connectivity index (χ0) is 18.4. The molecular formula is C17H20FN3O4. The fraction of sp³-hybridized carbons (Fsp3) is 0.294. The zero-order valence-electron chi connectivity index (χ0n) is 14.2. The number of ether oxygens (including phenoxy) is 1. The van der Waals surface area contributed by atoms with Crippen LogP contribution in [0.15, 0.2) is 41.0 Å². The van der Waals surface area contributed by atoms with Crippen LogP contribution in [0.2, 0.25) is 0 Å². The van der Waals surface area contributed by atoms with Crippen LogP contribution < -0.4 is 10.6 Å². The number of nitrogens with zero attached hydrogens (tertiary/aromatic N) is 1. The van der Waals surface area contributed by atoms with E-state index < -0.39 is 17.8 Å². The van der Waals surface area contributed by atoms with E-state index in [2.05, 4.69) is 15.4 Å². The molecule has 0 aliphatic heterocycles. The van der Waals surface area contributed by atoms with Gasteiger partial charge >= 0.3 is 12.0 Å². The van der Waals surface area contributed by atoms with Crippen molar-refractivity contribution >= 4 is 17.7 Å². The molecule has 8 heteroatoms. The molecule has 7 nitrogen and oxygen atoms in total. The molecule has 2 rings (SSSR count). The van der Waals surface area contributed by atoms with Gasteiger partial charge in [-0.25, -0.2) is 14.0 Å². The van der Waals surface area contributed by atoms with Crippen molar-refractivity contribution in [1.82, 2.24) is 10.2 Å². The van der Waals surface area contributed by atoms with Crippen molar-refractivity contribution in [1.29, 1.82) is 0 Å². The smallest absolute Gasteiger partial charge is 0.337 e. The molecule has 0 aliphatic carbocycles. The summed E-state index contributed by atoms with van der Waals surface area (Å²) in [5, 5.41) is 5.07. The molecule has 1 atom stereocenters. The molecule has 2 amide bonds. The van der Waals surface area contributed by atoms with Gasteiger partial charge in [0.15, 0.2) is 0 Å². The molecule has 0 aliphatic rings.